The average molecular weight is 230 g/mol. The Morgan fingerprint density at radius 2 is 2.22 bits per heavy atom. The molecule has 2 aromatic rings. The number of nitrogens with zero attached hydrogens (tertiary/aromatic N) is 1. The predicted molar refractivity (Wildman–Crippen MR) is 37.5 cm³/mol. The van der Waals surface area contributed by atoms with Crippen LogP contribution in [0.15, 0.2) is 24.3 Å². The molecule has 0 aliphatic heterocycles. The monoisotopic (exact) mass is 232 g/mol. The Morgan fingerprint density at radius 3 is 3.11 bits per heavy atom. The first-order valence-electron chi connectivity index (χ1n) is 2.68. The number of benzene rings is 1. The molecular weight excluding hydrogens is 226 g/mol. The SMILES string of the molecule is [c]1nc2ccccc2[te]1. The number of fused-ring (bicyclic) bond motifs is 1. The van der Waals surface area contributed by atoms with E-state index in [1.807, 2.05) is 12.1 Å². The van der Waals surface area contributed by atoms with Crippen LogP contribution < -0.4 is 0 Å². The van der Waals surface area contributed by atoms with Crippen LogP contribution in [-0.4, -0.2) is 25.4 Å². The van der Waals surface area contributed by atoms with Crippen LogP contribution in [0, 0.1) is 4.21 Å². The van der Waals surface area contributed by atoms with Crippen molar-refractivity contribution in [2.24, 2.45) is 0 Å². The summed E-state index contributed by atoms with van der Waals surface area (Å²) >= 11 is -0.154. The molecule has 43 valence electrons. The van der Waals surface area contributed by atoms with Gasteiger partial charge in [-0.05, 0) is 0 Å². The Bertz CT molecular complexity index is 283. The third-order valence-electron chi connectivity index (χ3n) is 1.19. The van der Waals surface area contributed by atoms with Crippen molar-refractivity contribution in [1.29, 1.82) is 0 Å². The summed E-state index contributed by atoms with van der Waals surface area (Å²) in [5.41, 5.74) is 1.14. The van der Waals surface area contributed by atoms with Gasteiger partial charge in [-0.1, -0.05) is 0 Å². The van der Waals surface area contributed by atoms with Gasteiger partial charge in [0.15, 0.2) is 0 Å². The van der Waals surface area contributed by atoms with Gasteiger partial charge in [0.25, 0.3) is 0 Å². The summed E-state index contributed by atoms with van der Waals surface area (Å²) in [4.78, 5) is 4.11. The molecule has 0 spiro atoms. The van der Waals surface area contributed by atoms with Crippen LogP contribution in [0.2, 0.25) is 0 Å². The van der Waals surface area contributed by atoms with Gasteiger partial charge in [0.2, 0.25) is 0 Å². The van der Waals surface area contributed by atoms with Gasteiger partial charge in [-0.15, -0.1) is 0 Å². The van der Waals surface area contributed by atoms with E-state index < -0.39 is 0 Å². The van der Waals surface area contributed by atoms with Gasteiger partial charge in [-0.3, -0.25) is 0 Å². The summed E-state index contributed by atoms with van der Waals surface area (Å²) in [5.74, 6) is 0. The molecule has 0 aliphatic rings. The Kier molecular flexibility index (Phi) is 1.29. The van der Waals surface area contributed by atoms with E-state index in [1.165, 1.54) is 3.40 Å². The zero-order valence-corrected chi connectivity index (χ0v) is 7.00. The second-order valence-electron chi connectivity index (χ2n) is 1.77. The summed E-state index contributed by atoms with van der Waals surface area (Å²) in [6.07, 6.45) is 0. The van der Waals surface area contributed by atoms with Crippen molar-refractivity contribution < 1.29 is 0 Å². The summed E-state index contributed by atoms with van der Waals surface area (Å²) in [5, 5.41) is 0. The Balaban J connectivity index is 2.95. The Hall–Kier alpha value is -0.320. The zero-order chi connectivity index (χ0) is 6.10. The molecule has 0 saturated heterocycles. The van der Waals surface area contributed by atoms with Gasteiger partial charge in [0.1, 0.15) is 0 Å². The molecule has 2 rings (SSSR count). The molecule has 0 bridgehead atoms. The minimum atomic E-state index is -0.154. The van der Waals surface area contributed by atoms with Gasteiger partial charge >= 0.3 is 62.8 Å². The predicted octanol–water partition coefficient (Wildman–Crippen LogP) is 1.09. The van der Waals surface area contributed by atoms with Crippen LogP contribution in [-0.2, 0) is 0 Å². The Morgan fingerprint density at radius 1 is 1.33 bits per heavy atom. The van der Waals surface area contributed by atoms with E-state index in [0.29, 0.717) is 0 Å². The van der Waals surface area contributed by atoms with Crippen molar-refractivity contribution >= 4 is 29.3 Å². The van der Waals surface area contributed by atoms with Crippen LogP contribution in [0.5, 0.6) is 0 Å². The number of hydrogen-bond donors (Lipinski definition) is 0. The second kappa shape index (κ2) is 2.13. The van der Waals surface area contributed by atoms with Crippen molar-refractivity contribution in [2.75, 3.05) is 0 Å². The molecular formula is C7H4NTe. The van der Waals surface area contributed by atoms with E-state index >= 15 is 0 Å². The molecule has 2 heteroatoms. The van der Waals surface area contributed by atoms with Gasteiger partial charge in [0.05, 0.1) is 0 Å². The summed E-state index contributed by atoms with van der Waals surface area (Å²) < 4.78 is 4.46. The van der Waals surface area contributed by atoms with E-state index in [9.17, 15) is 0 Å². The Labute approximate surface area is 63.0 Å². The molecule has 0 N–H and O–H groups in total. The fourth-order valence-corrected chi connectivity index (χ4v) is 2.49. The summed E-state index contributed by atoms with van der Waals surface area (Å²) in [6.45, 7) is 0. The molecule has 0 atom stereocenters. The summed E-state index contributed by atoms with van der Waals surface area (Å²) in [6, 6.07) is 8.26. The molecule has 0 amide bonds. The van der Waals surface area contributed by atoms with Crippen molar-refractivity contribution in [3.8, 4) is 0 Å². The molecule has 0 unspecified atom stereocenters. The van der Waals surface area contributed by atoms with Crippen molar-refractivity contribution in [3.05, 3.63) is 28.5 Å². The van der Waals surface area contributed by atoms with Crippen LogP contribution in [0.25, 0.3) is 8.92 Å². The molecule has 1 nitrogen and oxygen atoms in total. The quantitative estimate of drug-likeness (QED) is 0.617. The van der Waals surface area contributed by atoms with Crippen LogP contribution in [0.3, 0.4) is 0 Å². The second-order valence-corrected chi connectivity index (χ2v) is 4.13. The van der Waals surface area contributed by atoms with Gasteiger partial charge < -0.3 is 0 Å². The van der Waals surface area contributed by atoms with Gasteiger partial charge in [-0.25, -0.2) is 0 Å². The van der Waals surface area contributed by atoms with Crippen LogP contribution >= 0.6 is 0 Å². The molecule has 9 heavy (non-hydrogen) atoms. The van der Waals surface area contributed by atoms with Gasteiger partial charge in [0, 0.05) is 0 Å². The molecule has 1 aromatic heterocycles. The van der Waals surface area contributed by atoms with Crippen molar-refractivity contribution in [1.82, 2.24) is 4.98 Å². The molecule has 0 saturated carbocycles. The van der Waals surface area contributed by atoms with Crippen LogP contribution in [0.1, 0.15) is 0 Å². The maximum atomic E-state index is 4.11. The molecule has 0 aliphatic carbocycles. The van der Waals surface area contributed by atoms with E-state index in [2.05, 4.69) is 21.3 Å². The number of para-hydroxylation sites is 1. The number of aromatic nitrogens is 1. The van der Waals surface area contributed by atoms with E-state index in [0.717, 1.165) is 5.52 Å². The van der Waals surface area contributed by atoms with E-state index in [-0.39, 0.29) is 20.4 Å². The van der Waals surface area contributed by atoms with E-state index in [1.54, 1.807) is 0 Å². The first-order chi connectivity index (χ1) is 4.47. The first kappa shape index (κ1) is 5.46. The topological polar surface area (TPSA) is 12.9 Å². The third-order valence-corrected chi connectivity index (χ3v) is 3.32. The van der Waals surface area contributed by atoms with Crippen LogP contribution in [0.4, 0.5) is 0 Å². The maximum absolute atomic E-state index is 4.11. The van der Waals surface area contributed by atoms with Crippen molar-refractivity contribution in [3.63, 3.8) is 0 Å². The first-order valence-corrected chi connectivity index (χ1v) is 5.01. The fraction of sp³-hybridized carbons (Fsp3) is 0. The average Bonchev–Trinajstić information content (AvgIpc) is 2.33. The minimum absolute atomic E-state index is 0.154. The summed E-state index contributed by atoms with van der Waals surface area (Å²) in [7, 11) is 0. The van der Waals surface area contributed by atoms with Gasteiger partial charge in [-0.2, -0.15) is 0 Å². The number of hydrogen-bond acceptors (Lipinski definition) is 1. The van der Waals surface area contributed by atoms with Crippen molar-refractivity contribution in [2.45, 2.75) is 0 Å². The zero-order valence-electron chi connectivity index (χ0n) is 4.66. The fourth-order valence-electron chi connectivity index (χ4n) is 0.757. The molecule has 1 radical (unpaired) electrons. The number of rotatable bonds is 0. The molecule has 0 fully saturated rings. The molecule has 1 aromatic carbocycles. The molecule has 1 heterocycles. The normalized spacial score (nSPS) is 10.2. The van der Waals surface area contributed by atoms with E-state index in [4.69, 9.17) is 0 Å². The standard InChI is InChI=1S/C7H4NTe/c1-2-4-7-6(3-1)8-5-9-7/h1-4H. The third kappa shape index (κ3) is 0.890.